The van der Waals surface area contributed by atoms with Crippen LogP contribution in [-0.2, 0) is 49.6 Å². The van der Waals surface area contributed by atoms with Gasteiger partial charge in [0.05, 0.1) is 19.1 Å². The van der Waals surface area contributed by atoms with Gasteiger partial charge >= 0.3 is 5.97 Å². The number of likely N-dealkylation sites (tertiary alicyclic amines) is 2. The van der Waals surface area contributed by atoms with E-state index in [0.29, 0.717) is 31.2 Å². The third-order valence-corrected chi connectivity index (χ3v) is 11.3. The number of phenols is 1. The topological polar surface area (TPSA) is 299 Å². The highest BCUT2D eigenvalue weighted by Gasteiger charge is 2.41. The molecule has 8 atom stereocenters. The number of carbonyl (C=O) groups excluding carboxylic acids is 8. The van der Waals surface area contributed by atoms with Crippen molar-refractivity contribution in [2.45, 2.75) is 129 Å². The maximum Gasteiger partial charge on any atom is 0.326 e. The summed E-state index contributed by atoms with van der Waals surface area (Å²) in [4.78, 5) is 120. The zero-order valence-corrected chi connectivity index (χ0v) is 36.7. The van der Waals surface area contributed by atoms with E-state index in [1.165, 1.54) is 28.9 Å². The van der Waals surface area contributed by atoms with Crippen LogP contribution in [0.1, 0.15) is 86.1 Å². The van der Waals surface area contributed by atoms with Crippen LogP contribution in [0, 0.1) is 17.8 Å². The molecule has 2 heterocycles. The van der Waals surface area contributed by atoms with Gasteiger partial charge in [0.15, 0.2) is 0 Å². The van der Waals surface area contributed by atoms with Gasteiger partial charge in [-0.3, -0.25) is 38.4 Å². The van der Waals surface area contributed by atoms with Gasteiger partial charge in [0.1, 0.15) is 42.0 Å². The Bertz CT molecular complexity index is 1790. The Morgan fingerprint density at radius 2 is 1.23 bits per heavy atom. The van der Waals surface area contributed by atoms with Crippen molar-refractivity contribution in [3.8, 4) is 5.75 Å². The molecule has 1 aromatic rings. The number of carboxylic acids is 1. The Balaban J connectivity index is 1.57. The fourth-order valence-corrected chi connectivity index (χ4v) is 7.27. The smallest absolute Gasteiger partial charge is 0.326 e. The zero-order chi connectivity index (χ0) is 46.4. The molecule has 344 valence electrons. The van der Waals surface area contributed by atoms with Gasteiger partial charge in [-0.05, 0) is 68.1 Å². The number of carbonyl (C=O) groups is 9. The van der Waals surface area contributed by atoms with Gasteiger partial charge in [0, 0.05) is 19.5 Å². The van der Waals surface area contributed by atoms with Crippen molar-refractivity contribution in [1.29, 1.82) is 0 Å². The number of benzene rings is 1. The fourth-order valence-electron chi connectivity index (χ4n) is 7.27. The second-order valence-corrected chi connectivity index (χ2v) is 16.8. The standard InChI is InChI=1S/C42H65N9O11/c1-8-24(6)35(41(60)51-18-10-12-30(51)37(56)47-28(42(61)62)19-26-13-15-27(52)16-14-26)49-32(54)20-44-36(55)29-11-9-17-50(29)40(59)25(7)46-39(58)34(23(4)5)48-31(53)21-45-38(57)33(43)22(2)3/h13-16,22-25,28-30,33-35,52H,8-12,17-21,43H2,1-7H3,(H,44,55)(H,45,57)(H,46,58)(H,47,56)(H,48,53)(H,49,54)(H,61,62)/t24-,25-,28-,29-,30-,33-,34-,35-/m0/s1. The molecule has 2 aliphatic rings. The number of hydrogen-bond donors (Lipinski definition) is 9. The monoisotopic (exact) mass is 871 g/mol. The van der Waals surface area contributed by atoms with E-state index in [4.69, 9.17) is 5.73 Å². The van der Waals surface area contributed by atoms with Crippen LogP contribution in [0.4, 0.5) is 0 Å². The van der Waals surface area contributed by atoms with Crippen LogP contribution in [0.25, 0.3) is 0 Å². The summed E-state index contributed by atoms with van der Waals surface area (Å²) in [6.45, 7) is 11.5. The van der Waals surface area contributed by atoms with Gasteiger partial charge < -0.3 is 57.6 Å². The van der Waals surface area contributed by atoms with Crippen LogP contribution in [0.2, 0.25) is 0 Å². The molecular weight excluding hydrogens is 807 g/mol. The van der Waals surface area contributed by atoms with Gasteiger partial charge in [0.25, 0.3) is 0 Å². The van der Waals surface area contributed by atoms with Crippen molar-refractivity contribution < 1.29 is 53.4 Å². The van der Waals surface area contributed by atoms with Crippen LogP contribution < -0.4 is 37.6 Å². The highest BCUT2D eigenvalue weighted by molar-refractivity contribution is 5.97. The maximum absolute atomic E-state index is 14.0. The summed E-state index contributed by atoms with van der Waals surface area (Å²) in [5, 5.41) is 34.8. The zero-order valence-electron chi connectivity index (χ0n) is 36.7. The molecule has 20 heteroatoms. The molecule has 62 heavy (non-hydrogen) atoms. The number of phenolic OH excluding ortho intramolecular Hbond substituents is 1. The van der Waals surface area contributed by atoms with Crippen LogP contribution in [0.3, 0.4) is 0 Å². The van der Waals surface area contributed by atoms with E-state index < -0.39 is 115 Å². The first kappa shape index (κ1) is 50.6. The Kier molecular flexibility index (Phi) is 19.1. The van der Waals surface area contributed by atoms with E-state index in [9.17, 15) is 53.4 Å². The maximum atomic E-state index is 14.0. The van der Waals surface area contributed by atoms with Crippen molar-refractivity contribution in [2.75, 3.05) is 26.2 Å². The first-order valence-corrected chi connectivity index (χ1v) is 21.3. The first-order valence-electron chi connectivity index (χ1n) is 21.3. The molecular formula is C42H65N9O11. The summed E-state index contributed by atoms with van der Waals surface area (Å²) in [5.41, 5.74) is 6.39. The van der Waals surface area contributed by atoms with E-state index in [2.05, 4.69) is 31.9 Å². The molecule has 0 spiro atoms. The average Bonchev–Trinajstić information content (AvgIpc) is 3.93. The van der Waals surface area contributed by atoms with Crippen LogP contribution in [0.15, 0.2) is 24.3 Å². The van der Waals surface area contributed by atoms with Crippen molar-refractivity contribution >= 4 is 53.2 Å². The third kappa shape index (κ3) is 14.1. The van der Waals surface area contributed by atoms with E-state index >= 15 is 0 Å². The number of aromatic hydroxyl groups is 1. The molecule has 2 fully saturated rings. The lowest BCUT2D eigenvalue weighted by atomic mass is 9.97. The minimum Gasteiger partial charge on any atom is -0.508 e. The second kappa shape index (κ2) is 23.4. The minimum atomic E-state index is -1.30. The number of amides is 8. The SMILES string of the molecule is CC[C@H](C)[C@H](NC(=O)CNC(=O)[C@@H]1CCCN1C(=O)[C@H](C)NC(=O)[C@@H](NC(=O)CNC(=O)[C@@H](N)C(C)C)C(C)C)C(=O)N1CCC[C@H]1C(=O)N[C@@H](Cc1ccc(O)cc1)C(=O)O. The highest BCUT2D eigenvalue weighted by atomic mass is 16.4. The molecule has 0 aliphatic carbocycles. The lowest BCUT2D eigenvalue weighted by Gasteiger charge is -2.32. The second-order valence-electron chi connectivity index (χ2n) is 16.8. The number of aliphatic carboxylic acids is 1. The molecule has 0 aromatic heterocycles. The molecule has 20 nitrogen and oxygen atoms in total. The molecule has 2 saturated heterocycles. The Hall–Kier alpha value is -5.79. The summed E-state index contributed by atoms with van der Waals surface area (Å²) in [7, 11) is 0. The van der Waals surface area contributed by atoms with Crippen molar-refractivity contribution in [2.24, 2.45) is 23.5 Å². The van der Waals surface area contributed by atoms with Gasteiger partial charge in [-0.25, -0.2) is 4.79 Å². The largest absolute Gasteiger partial charge is 0.508 e. The molecule has 0 saturated carbocycles. The molecule has 0 bridgehead atoms. The Morgan fingerprint density at radius 3 is 1.76 bits per heavy atom. The number of nitrogens with zero attached hydrogens (tertiary/aromatic N) is 2. The molecule has 8 amide bonds. The first-order chi connectivity index (χ1) is 29.2. The number of hydrogen-bond acceptors (Lipinski definition) is 11. The number of nitrogens with one attached hydrogen (secondary N) is 6. The summed E-state index contributed by atoms with van der Waals surface area (Å²) in [6, 6.07) is -1.33. The normalized spacial score (nSPS) is 19.1. The Morgan fingerprint density at radius 1 is 0.694 bits per heavy atom. The molecule has 3 rings (SSSR count). The number of rotatable bonds is 21. The van der Waals surface area contributed by atoms with Crippen LogP contribution in [-0.4, -0.2) is 142 Å². The fraction of sp³-hybridized carbons (Fsp3) is 0.643. The van der Waals surface area contributed by atoms with Gasteiger partial charge in [-0.1, -0.05) is 60.1 Å². The number of nitrogens with two attached hydrogens (primary N) is 1. The van der Waals surface area contributed by atoms with Gasteiger partial charge in [0.2, 0.25) is 47.3 Å². The van der Waals surface area contributed by atoms with E-state index in [-0.39, 0.29) is 43.5 Å². The van der Waals surface area contributed by atoms with Crippen molar-refractivity contribution in [1.82, 2.24) is 41.7 Å². The minimum absolute atomic E-state index is 0.00789. The molecule has 1 aromatic carbocycles. The van der Waals surface area contributed by atoms with Gasteiger partial charge in [-0.15, -0.1) is 0 Å². The van der Waals surface area contributed by atoms with E-state index in [0.717, 1.165) is 0 Å². The van der Waals surface area contributed by atoms with E-state index in [1.807, 2.05) is 6.92 Å². The van der Waals surface area contributed by atoms with E-state index in [1.54, 1.807) is 46.8 Å². The lowest BCUT2D eigenvalue weighted by molar-refractivity contribution is -0.145. The predicted molar refractivity (Wildman–Crippen MR) is 225 cm³/mol. The van der Waals surface area contributed by atoms with Crippen LogP contribution in [0.5, 0.6) is 5.75 Å². The summed E-state index contributed by atoms with van der Waals surface area (Å²) in [6.07, 6.45) is 1.95. The quantitative estimate of drug-likeness (QED) is 0.0710. The molecule has 10 N–H and O–H groups in total. The molecule has 0 unspecified atom stereocenters. The summed E-state index contributed by atoms with van der Waals surface area (Å²) < 4.78 is 0. The lowest BCUT2D eigenvalue weighted by Crippen LogP contribution is -2.58. The van der Waals surface area contributed by atoms with Gasteiger partial charge in [-0.2, -0.15) is 0 Å². The van der Waals surface area contributed by atoms with Crippen molar-refractivity contribution in [3.63, 3.8) is 0 Å². The van der Waals surface area contributed by atoms with Crippen molar-refractivity contribution in [3.05, 3.63) is 29.8 Å². The molecule has 0 radical (unpaired) electrons. The third-order valence-electron chi connectivity index (χ3n) is 11.3. The van der Waals surface area contributed by atoms with Crippen LogP contribution >= 0.6 is 0 Å². The highest BCUT2D eigenvalue weighted by Crippen LogP contribution is 2.23. The Labute approximate surface area is 362 Å². The average molecular weight is 872 g/mol. The summed E-state index contributed by atoms with van der Waals surface area (Å²) >= 11 is 0. The number of carboxylic acid groups (broad SMARTS) is 1. The summed E-state index contributed by atoms with van der Waals surface area (Å²) in [5.74, 6) is -6.98. The predicted octanol–water partition coefficient (Wildman–Crippen LogP) is -1.12. The molecule has 2 aliphatic heterocycles.